The number of hydrazone groups is 1. The lowest BCUT2D eigenvalue weighted by atomic mass is 10.0. The number of amides is 2. The summed E-state index contributed by atoms with van der Waals surface area (Å²) in [6.07, 6.45) is 1.86. The quantitative estimate of drug-likeness (QED) is 0.218. The van der Waals surface area contributed by atoms with Crippen LogP contribution in [0.4, 0.5) is 0 Å². The van der Waals surface area contributed by atoms with E-state index in [1.54, 1.807) is 36.4 Å². The van der Waals surface area contributed by atoms with Gasteiger partial charge in [0.1, 0.15) is 6.04 Å². The second-order valence-corrected chi connectivity index (χ2v) is 9.32. The molecule has 36 heavy (non-hydrogen) atoms. The Morgan fingerprint density at radius 3 is 2.44 bits per heavy atom. The molecule has 194 valence electrons. The first-order valence-electron chi connectivity index (χ1n) is 11.2. The van der Waals surface area contributed by atoms with Crippen LogP contribution in [0.15, 0.2) is 46.0 Å². The molecule has 0 saturated heterocycles. The minimum Gasteiger partial charge on any atom is -0.490 e. The lowest BCUT2D eigenvalue weighted by Gasteiger charge is -2.19. The van der Waals surface area contributed by atoms with E-state index in [9.17, 15) is 14.4 Å². The third kappa shape index (κ3) is 9.16. The van der Waals surface area contributed by atoms with E-state index in [1.807, 2.05) is 20.8 Å². The number of carbonyl (C=O) groups excluding carboxylic acids is 3. The van der Waals surface area contributed by atoms with E-state index >= 15 is 0 Å². The molecule has 0 bridgehead atoms. The molecule has 1 unspecified atom stereocenters. The van der Waals surface area contributed by atoms with Gasteiger partial charge < -0.3 is 19.5 Å². The van der Waals surface area contributed by atoms with Crippen LogP contribution in [0, 0.1) is 5.92 Å². The number of methoxy groups -OCH3 is 1. The largest absolute Gasteiger partial charge is 0.490 e. The number of ether oxygens (including phenoxy) is 3. The van der Waals surface area contributed by atoms with Gasteiger partial charge in [0.05, 0.1) is 24.4 Å². The molecule has 0 aliphatic rings. The van der Waals surface area contributed by atoms with Crippen molar-refractivity contribution in [3.63, 3.8) is 0 Å². The Morgan fingerprint density at radius 1 is 1.14 bits per heavy atom. The summed E-state index contributed by atoms with van der Waals surface area (Å²) in [6.45, 7) is 5.80. The van der Waals surface area contributed by atoms with Gasteiger partial charge in [0.2, 0.25) is 0 Å². The molecule has 11 heteroatoms. The minimum absolute atomic E-state index is 0.150. The first-order valence-corrected chi connectivity index (χ1v) is 12.4. The summed E-state index contributed by atoms with van der Waals surface area (Å²) in [5.41, 5.74) is 3.48. The molecule has 2 N–H and O–H groups in total. The van der Waals surface area contributed by atoms with E-state index < -0.39 is 17.9 Å². The fourth-order valence-corrected chi connectivity index (χ4v) is 3.75. The number of carbonyl (C=O) groups is 3. The molecule has 2 amide bonds. The summed E-state index contributed by atoms with van der Waals surface area (Å²) in [5.74, 6) is -0.496. The Bertz CT molecular complexity index is 1090. The highest BCUT2D eigenvalue weighted by molar-refractivity contribution is 9.10. The Balaban J connectivity index is 2.12. The molecule has 2 aromatic rings. The maximum Gasteiger partial charge on any atom is 0.343 e. The molecule has 0 aliphatic carbocycles. The lowest BCUT2D eigenvalue weighted by molar-refractivity contribution is -0.143. The number of benzene rings is 2. The predicted molar refractivity (Wildman–Crippen MR) is 141 cm³/mol. The molecular weight excluding hydrogens is 554 g/mol. The lowest BCUT2D eigenvalue weighted by Crippen LogP contribution is -2.46. The van der Waals surface area contributed by atoms with Crippen molar-refractivity contribution >= 4 is 51.5 Å². The number of nitrogens with zero attached hydrogens (tertiary/aromatic N) is 1. The van der Waals surface area contributed by atoms with E-state index in [-0.39, 0.29) is 18.4 Å². The highest BCUT2D eigenvalue weighted by Crippen LogP contribution is 2.36. The zero-order chi connectivity index (χ0) is 26.7. The predicted octanol–water partition coefficient (Wildman–Crippen LogP) is 4.35. The standard InChI is InChI=1S/C25H29BrClN3O6/c1-5-35-21-12-16(11-19(26)23(21)36-14-22(31)34-4)13-28-30-25(33)20(10-15(2)3)29-24(32)17-6-8-18(27)9-7-17/h6-9,11-13,15,20H,5,10,14H2,1-4H3,(H,29,32)(H,30,33). The molecule has 0 aliphatic heterocycles. The second kappa shape index (κ2) is 14.4. The van der Waals surface area contributed by atoms with Crippen molar-refractivity contribution in [2.75, 3.05) is 20.3 Å². The molecule has 0 saturated carbocycles. The molecule has 0 fully saturated rings. The van der Waals surface area contributed by atoms with Crippen LogP contribution in [0.2, 0.25) is 5.02 Å². The van der Waals surface area contributed by atoms with E-state index in [1.165, 1.54) is 13.3 Å². The summed E-state index contributed by atoms with van der Waals surface area (Å²) < 4.78 is 16.2. The summed E-state index contributed by atoms with van der Waals surface area (Å²) in [6, 6.07) is 8.96. The van der Waals surface area contributed by atoms with Crippen molar-refractivity contribution in [2.24, 2.45) is 11.0 Å². The van der Waals surface area contributed by atoms with E-state index in [4.69, 9.17) is 21.1 Å². The third-order valence-electron chi connectivity index (χ3n) is 4.72. The summed E-state index contributed by atoms with van der Waals surface area (Å²) in [4.78, 5) is 36.8. The number of rotatable bonds is 12. The molecule has 0 spiro atoms. The molecule has 9 nitrogen and oxygen atoms in total. The van der Waals surface area contributed by atoms with Gasteiger partial charge in [-0.2, -0.15) is 5.10 Å². The number of hydrogen-bond donors (Lipinski definition) is 2. The van der Waals surface area contributed by atoms with Crippen molar-refractivity contribution in [1.29, 1.82) is 0 Å². The first kappa shape index (κ1) is 29.1. The van der Waals surface area contributed by atoms with Crippen LogP contribution < -0.4 is 20.2 Å². The molecular formula is C25H29BrClN3O6. The van der Waals surface area contributed by atoms with Crippen molar-refractivity contribution < 1.29 is 28.6 Å². The van der Waals surface area contributed by atoms with Gasteiger partial charge in [-0.05, 0) is 77.2 Å². The number of halogens is 2. The molecule has 1 atom stereocenters. The highest BCUT2D eigenvalue weighted by Gasteiger charge is 2.22. The maximum absolute atomic E-state index is 12.8. The number of esters is 1. The maximum atomic E-state index is 12.8. The summed E-state index contributed by atoms with van der Waals surface area (Å²) in [5, 5.41) is 7.30. The average Bonchev–Trinajstić information content (AvgIpc) is 2.83. The SMILES string of the molecule is CCOc1cc(C=NNC(=O)C(CC(C)C)NC(=O)c2ccc(Cl)cc2)cc(Br)c1OCC(=O)OC. The number of nitrogens with one attached hydrogen (secondary N) is 2. The number of hydrogen-bond acceptors (Lipinski definition) is 7. The van der Waals surface area contributed by atoms with Crippen LogP contribution in [0.25, 0.3) is 0 Å². The van der Waals surface area contributed by atoms with E-state index in [0.29, 0.717) is 45.1 Å². The fraction of sp³-hybridized carbons (Fsp3) is 0.360. The van der Waals surface area contributed by atoms with Crippen LogP contribution in [0.3, 0.4) is 0 Å². The Hall–Kier alpha value is -3.11. The van der Waals surface area contributed by atoms with Crippen LogP contribution >= 0.6 is 27.5 Å². The van der Waals surface area contributed by atoms with Gasteiger partial charge in [0.25, 0.3) is 11.8 Å². The van der Waals surface area contributed by atoms with Gasteiger partial charge in [-0.25, -0.2) is 10.2 Å². The first-order chi connectivity index (χ1) is 17.1. The van der Waals surface area contributed by atoms with Crippen LogP contribution in [0.1, 0.15) is 43.1 Å². The van der Waals surface area contributed by atoms with Crippen LogP contribution in [-0.2, 0) is 14.3 Å². The van der Waals surface area contributed by atoms with Crippen molar-refractivity contribution in [2.45, 2.75) is 33.2 Å². The van der Waals surface area contributed by atoms with Gasteiger partial charge in [-0.1, -0.05) is 25.4 Å². The van der Waals surface area contributed by atoms with Crippen molar-refractivity contribution in [3.8, 4) is 11.5 Å². The van der Waals surface area contributed by atoms with Crippen LogP contribution in [0.5, 0.6) is 11.5 Å². The zero-order valence-corrected chi connectivity index (χ0v) is 22.8. The Morgan fingerprint density at radius 2 is 1.83 bits per heavy atom. The monoisotopic (exact) mass is 581 g/mol. The van der Waals surface area contributed by atoms with Gasteiger partial charge >= 0.3 is 5.97 Å². The van der Waals surface area contributed by atoms with Gasteiger partial charge in [0.15, 0.2) is 18.1 Å². The second-order valence-electron chi connectivity index (χ2n) is 8.02. The highest BCUT2D eigenvalue weighted by atomic mass is 79.9. The summed E-state index contributed by atoms with van der Waals surface area (Å²) >= 11 is 9.28. The minimum atomic E-state index is -0.787. The molecule has 2 rings (SSSR count). The van der Waals surface area contributed by atoms with Gasteiger partial charge in [-0.15, -0.1) is 0 Å². The van der Waals surface area contributed by atoms with E-state index in [0.717, 1.165) is 0 Å². The molecule has 0 heterocycles. The van der Waals surface area contributed by atoms with E-state index in [2.05, 4.69) is 36.5 Å². The Kier molecular flexibility index (Phi) is 11.7. The van der Waals surface area contributed by atoms with Gasteiger partial charge in [0, 0.05) is 10.6 Å². The topological polar surface area (TPSA) is 115 Å². The Labute approximate surface area is 223 Å². The average molecular weight is 583 g/mol. The third-order valence-corrected chi connectivity index (χ3v) is 5.56. The molecule has 0 radical (unpaired) electrons. The summed E-state index contributed by atoms with van der Waals surface area (Å²) in [7, 11) is 1.27. The molecule has 2 aromatic carbocycles. The van der Waals surface area contributed by atoms with Crippen molar-refractivity contribution in [1.82, 2.24) is 10.7 Å². The fourth-order valence-electron chi connectivity index (χ4n) is 3.05. The molecule has 0 aromatic heterocycles. The van der Waals surface area contributed by atoms with Crippen molar-refractivity contribution in [3.05, 3.63) is 57.0 Å². The smallest absolute Gasteiger partial charge is 0.343 e. The zero-order valence-electron chi connectivity index (χ0n) is 20.5. The normalized spacial score (nSPS) is 11.8. The van der Waals surface area contributed by atoms with Crippen LogP contribution in [-0.4, -0.2) is 50.4 Å². The van der Waals surface area contributed by atoms with Gasteiger partial charge in [-0.3, -0.25) is 9.59 Å².